The number of likely N-dealkylation sites (tertiary alicyclic amines) is 1. The van der Waals surface area contributed by atoms with Crippen molar-refractivity contribution >= 4 is 21.8 Å². The Balaban J connectivity index is 1.77. The zero-order valence-corrected chi connectivity index (χ0v) is 12.7. The van der Waals surface area contributed by atoms with Gasteiger partial charge in [-0.1, -0.05) is 6.92 Å². The molecule has 1 atom stereocenters. The number of H-pyrrole nitrogens is 1. The molecule has 1 aliphatic heterocycles. The summed E-state index contributed by atoms with van der Waals surface area (Å²) >= 11 is 3.52. The first-order valence-corrected chi connectivity index (χ1v) is 7.56. The largest absolute Gasteiger partial charge is 0.337 e. The number of nitrogens with one attached hydrogen (secondary N) is 1. The molecule has 2 aliphatic rings. The fraction of sp³-hybridized carbons (Fsp3) is 0.692. The molecule has 0 aromatic carbocycles. The van der Waals surface area contributed by atoms with Gasteiger partial charge in [0.1, 0.15) is 0 Å². The van der Waals surface area contributed by atoms with E-state index in [0.29, 0.717) is 18.2 Å². The van der Waals surface area contributed by atoms with Gasteiger partial charge in [-0.25, -0.2) is 0 Å². The number of aromatic amines is 1. The molecule has 1 amide bonds. The van der Waals surface area contributed by atoms with Crippen molar-refractivity contribution in [1.29, 1.82) is 0 Å². The lowest BCUT2D eigenvalue weighted by Crippen LogP contribution is -2.34. The van der Waals surface area contributed by atoms with Gasteiger partial charge in [-0.15, -0.1) is 0 Å². The van der Waals surface area contributed by atoms with Gasteiger partial charge < -0.3 is 10.6 Å². The first kappa shape index (κ1) is 13.1. The summed E-state index contributed by atoms with van der Waals surface area (Å²) in [5.74, 6) is 0.559. The number of aromatic nitrogens is 2. The number of hydrogen-bond acceptors (Lipinski definition) is 3. The van der Waals surface area contributed by atoms with Gasteiger partial charge in [-0.2, -0.15) is 5.10 Å². The van der Waals surface area contributed by atoms with Crippen LogP contribution in [0.2, 0.25) is 0 Å². The number of nitrogens with zero attached hydrogens (tertiary/aromatic N) is 2. The Morgan fingerprint density at radius 3 is 2.95 bits per heavy atom. The maximum Gasteiger partial charge on any atom is 0.275 e. The van der Waals surface area contributed by atoms with Crippen LogP contribution >= 0.6 is 15.9 Å². The van der Waals surface area contributed by atoms with Crippen molar-refractivity contribution in [3.63, 3.8) is 0 Å². The predicted octanol–water partition coefficient (Wildman–Crippen LogP) is 1.86. The maximum absolute atomic E-state index is 12.5. The fourth-order valence-electron chi connectivity index (χ4n) is 2.64. The molecule has 2 heterocycles. The van der Waals surface area contributed by atoms with Crippen LogP contribution < -0.4 is 5.73 Å². The SMILES string of the molecule is CC1(CN)CCN(C(=O)c2n[nH]c(C3CC3)c2Br)C1. The van der Waals surface area contributed by atoms with Gasteiger partial charge in [0.2, 0.25) is 0 Å². The van der Waals surface area contributed by atoms with E-state index in [9.17, 15) is 4.79 Å². The van der Waals surface area contributed by atoms with E-state index in [1.807, 2.05) is 4.90 Å². The minimum Gasteiger partial charge on any atom is -0.337 e. The lowest BCUT2D eigenvalue weighted by molar-refractivity contribution is 0.0770. The van der Waals surface area contributed by atoms with Gasteiger partial charge in [0.25, 0.3) is 5.91 Å². The van der Waals surface area contributed by atoms with Crippen molar-refractivity contribution < 1.29 is 4.79 Å². The summed E-state index contributed by atoms with van der Waals surface area (Å²) in [5.41, 5.74) is 7.43. The van der Waals surface area contributed by atoms with Gasteiger partial charge in [0, 0.05) is 19.0 Å². The van der Waals surface area contributed by atoms with E-state index in [1.165, 1.54) is 12.8 Å². The molecular weight excluding hydrogens is 308 g/mol. The van der Waals surface area contributed by atoms with Crippen LogP contribution in [-0.2, 0) is 0 Å². The highest BCUT2D eigenvalue weighted by Crippen LogP contribution is 2.43. The van der Waals surface area contributed by atoms with E-state index in [-0.39, 0.29) is 11.3 Å². The average molecular weight is 327 g/mol. The van der Waals surface area contributed by atoms with Crippen molar-refractivity contribution in [1.82, 2.24) is 15.1 Å². The number of carbonyl (C=O) groups excluding carboxylic acids is 1. The van der Waals surface area contributed by atoms with E-state index in [1.54, 1.807) is 0 Å². The van der Waals surface area contributed by atoms with E-state index in [4.69, 9.17) is 5.73 Å². The number of halogens is 1. The molecule has 0 spiro atoms. The monoisotopic (exact) mass is 326 g/mol. The second-order valence-electron chi connectivity index (χ2n) is 6.07. The molecule has 1 saturated carbocycles. The van der Waals surface area contributed by atoms with Crippen LogP contribution in [0, 0.1) is 5.41 Å². The lowest BCUT2D eigenvalue weighted by atomic mass is 9.90. The van der Waals surface area contributed by atoms with Crippen LogP contribution in [0.5, 0.6) is 0 Å². The third-order valence-corrected chi connectivity index (χ3v) is 5.06. The summed E-state index contributed by atoms with van der Waals surface area (Å²) in [6.07, 6.45) is 3.33. The molecule has 19 heavy (non-hydrogen) atoms. The maximum atomic E-state index is 12.5. The number of carbonyl (C=O) groups is 1. The van der Waals surface area contributed by atoms with Gasteiger partial charge in [0.05, 0.1) is 10.2 Å². The van der Waals surface area contributed by atoms with Crippen molar-refractivity contribution in [2.75, 3.05) is 19.6 Å². The van der Waals surface area contributed by atoms with Crippen molar-refractivity contribution in [2.45, 2.75) is 32.1 Å². The molecule has 0 radical (unpaired) electrons. The summed E-state index contributed by atoms with van der Waals surface area (Å²) < 4.78 is 0.848. The minimum atomic E-state index is 0.00667. The molecule has 3 N–H and O–H groups in total. The quantitative estimate of drug-likeness (QED) is 0.890. The number of hydrogen-bond donors (Lipinski definition) is 2. The molecule has 6 heteroatoms. The molecule has 1 aromatic rings. The summed E-state index contributed by atoms with van der Waals surface area (Å²) in [5, 5.41) is 7.21. The summed E-state index contributed by atoms with van der Waals surface area (Å²) in [6, 6.07) is 0. The van der Waals surface area contributed by atoms with E-state index < -0.39 is 0 Å². The number of nitrogens with two attached hydrogens (primary N) is 1. The predicted molar refractivity (Wildman–Crippen MR) is 75.9 cm³/mol. The second-order valence-corrected chi connectivity index (χ2v) is 6.86. The van der Waals surface area contributed by atoms with Crippen molar-refractivity contribution in [3.8, 4) is 0 Å². The smallest absolute Gasteiger partial charge is 0.275 e. The molecule has 1 aromatic heterocycles. The molecule has 1 saturated heterocycles. The van der Waals surface area contributed by atoms with Crippen LogP contribution in [0.4, 0.5) is 0 Å². The third-order valence-electron chi connectivity index (χ3n) is 4.26. The first-order valence-electron chi connectivity index (χ1n) is 6.77. The molecule has 0 bridgehead atoms. The minimum absolute atomic E-state index is 0.00667. The Morgan fingerprint density at radius 1 is 1.63 bits per heavy atom. The van der Waals surface area contributed by atoms with E-state index in [2.05, 4.69) is 33.1 Å². The molecule has 3 rings (SSSR count). The molecule has 5 nitrogen and oxygen atoms in total. The van der Waals surface area contributed by atoms with Crippen molar-refractivity contribution in [3.05, 3.63) is 15.9 Å². The molecule has 2 fully saturated rings. The lowest BCUT2D eigenvalue weighted by Gasteiger charge is -2.22. The average Bonchev–Trinajstić information content (AvgIpc) is 3.06. The number of amides is 1. The van der Waals surface area contributed by atoms with Crippen LogP contribution in [0.3, 0.4) is 0 Å². The van der Waals surface area contributed by atoms with Crippen molar-refractivity contribution in [2.24, 2.45) is 11.1 Å². The summed E-state index contributed by atoms with van der Waals surface area (Å²) in [6.45, 7) is 4.24. The highest BCUT2D eigenvalue weighted by molar-refractivity contribution is 9.10. The van der Waals surface area contributed by atoms with E-state index >= 15 is 0 Å². The Bertz CT molecular complexity index is 511. The van der Waals surface area contributed by atoms with Crippen LogP contribution in [0.15, 0.2) is 4.47 Å². The van der Waals surface area contributed by atoms with Crippen LogP contribution in [0.25, 0.3) is 0 Å². The Labute approximate surface area is 121 Å². The Kier molecular flexibility index (Phi) is 3.17. The van der Waals surface area contributed by atoms with Gasteiger partial charge in [-0.3, -0.25) is 9.89 Å². The van der Waals surface area contributed by atoms with Gasteiger partial charge >= 0.3 is 0 Å². The van der Waals surface area contributed by atoms with Crippen LogP contribution in [0.1, 0.15) is 48.3 Å². The highest BCUT2D eigenvalue weighted by Gasteiger charge is 2.37. The molecular formula is C13H19BrN4O. The molecule has 1 aliphatic carbocycles. The van der Waals surface area contributed by atoms with Gasteiger partial charge in [-0.05, 0) is 47.2 Å². The first-order chi connectivity index (χ1) is 9.04. The number of rotatable bonds is 3. The molecule has 104 valence electrons. The second kappa shape index (κ2) is 4.59. The van der Waals surface area contributed by atoms with E-state index in [0.717, 1.165) is 29.7 Å². The normalized spacial score (nSPS) is 27.0. The zero-order chi connectivity index (χ0) is 13.6. The topological polar surface area (TPSA) is 75.0 Å². The standard InChI is InChI=1S/C13H19BrN4O/c1-13(6-15)4-5-18(7-13)12(19)11-9(14)10(16-17-11)8-2-3-8/h8H,2-7,15H2,1H3,(H,16,17). The zero-order valence-electron chi connectivity index (χ0n) is 11.1. The van der Waals surface area contributed by atoms with Crippen LogP contribution in [-0.4, -0.2) is 40.6 Å². The Hall–Kier alpha value is -0.880. The summed E-state index contributed by atoms with van der Waals surface area (Å²) in [4.78, 5) is 14.4. The fourth-order valence-corrected chi connectivity index (χ4v) is 3.31. The third kappa shape index (κ3) is 2.31. The summed E-state index contributed by atoms with van der Waals surface area (Å²) in [7, 11) is 0. The highest BCUT2D eigenvalue weighted by atomic mass is 79.9. The molecule has 1 unspecified atom stereocenters. The van der Waals surface area contributed by atoms with Gasteiger partial charge in [0.15, 0.2) is 5.69 Å². The Morgan fingerprint density at radius 2 is 2.37 bits per heavy atom.